The van der Waals surface area contributed by atoms with E-state index in [0.717, 1.165) is 42.9 Å². The van der Waals surface area contributed by atoms with Crippen molar-refractivity contribution in [2.24, 2.45) is 5.92 Å². The molecule has 1 aliphatic carbocycles. The average Bonchev–Trinajstić information content (AvgIpc) is 3.08. The lowest BCUT2D eigenvalue weighted by atomic mass is 9.76. The van der Waals surface area contributed by atoms with Crippen LogP contribution >= 0.6 is 0 Å². The van der Waals surface area contributed by atoms with Gasteiger partial charge >= 0.3 is 0 Å². The normalized spacial score (nSPS) is 28.9. The van der Waals surface area contributed by atoms with Crippen LogP contribution in [0.1, 0.15) is 24.8 Å². The summed E-state index contributed by atoms with van der Waals surface area (Å²) >= 11 is 0. The van der Waals surface area contributed by atoms with Gasteiger partial charge in [-0.05, 0) is 37.0 Å². The van der Waals surface area contributed by atoms with Crippen LogP contribution in [0.4, 0.5) is 0 Å². The summed E-state index contributed by atoms with van der Waals surface area (Å²) < 4.78 is 16.2. The molecule has 1 saturated heterocycles. The van der Waals surface area contributed by atoms with Gasteiger partial charge in [-0.2, -0.15) is 0 Å². The average molecular weight is 289 g/mol. The SMILES string of the molecule is O=C(CCc1ccc2c(c1)OCO2)N[C@@H]1C[C@H]2OCC[C@@H]12. The summed E-state index contributed by atoms with van der Waals surface area (Å²) in [6.07, 6.45) is 3.68. The minimum absolute atomic E-state index is 0.128. The van der Waals surface area contributed by atoms with Crippen molar-refractivity contribution in [1.82, 2.24) is 5.32 Å². The second kappa shape index (κ2) is 5.22. The van der Waals surface area contributed by atoms with Crippen LogP contribution in [0.25, 0.3) is 0 Å². The van der Waals surface area contributed by atoms with Crippen molar-refractivity contribution >= 4 is 5.91 Å². The van der Waals surface area contributed by atoms with Crippen LogP contribution in [0.2, 0.25) is 0 Å². The van der Waals surface area contributed by atoms with Crippen LogP contribution in [-0.2, 0) is 16.0 Å². The molecule has 0 spiro atoms. The first kappa shape index (κ1) is 13.0. The highest BCUT2D eigenvalue weighted by atomic mass is 16.7. The van der Waals surface area contributed by atoms with Gasteiger partial charge in [-0.3, -0.25) is 4.79 Å². The van der Waals surface area contributed by atoms with Gasteiger partial charge in [0.25, 0.3) is 0 Å². The van der Waals surface area contributed by atoms with Gasteiger partial charge in [-0.15, -0.1) is 0 Å². The number of amides is 1. The van der Waals surface area contributed by atoms with Gasteiger partial charge in [0.1, 0.15) is 0 Å². The Balaban J connectivity index is 1.27. The van der Waals surface area contributed by atoms with Gasteiger partial charge in [0.05, 0.1) is 6.10 Å². The van der Waals surface area contributed by atoms with E-state index in [1.54, 1.807) is 0 Å². The number of carbonyl (C=O) groups excluding carboxylic acids is 1. The molecule has 1 aromatic rings. The number of fused-ring (bicyclic) bond motifs is 2. The fourth-order valence-corrected chi connectivity index (χ4v) is 3.40. The van der Waals surface area contributed by atoms with E-state index in [-0.39, 0.29) is 12.7 Å². The maximum atomic E-state index is 12.0. The second-order valence-electron chi connectivity index (χ2n) is 5.96. The number of aryl methyl sites for hydroxylation is 1. The maximum absolute atomic E-state index is 12.0. The van der Waals surface area contributed by atoms with Crippen LogP contribution in [0.15, 0.2) is 18.2 Å². The minimum Gasteiger partial charge on any atom is -0.454 e. The Labute approximate surface area is 123 Å². The predicted octanol–water partition coefficient (Wildman–Crippen LogP) is 1.64. The van der Waals surface area contributed by atoms with Gasteiger partial charge in [0.2, 0.25) is 12.7 Å². The van der Waals surface area contributed by atoms with Crippen LogP contribution in [-0.4, -0.2) is 31.5 Å². The highest BCUT2D eigenvalue weighted by molar-refractivity contribution is 5.76. The standard InChI is InChI=1S/C16H19NO4/c18-16(17-12-8-14-11(12)5-6-19-14)4-2-10-1-3-13-15(7-10)21-9-20-13/h1,3,7,11-12,14H,2,4-6,8-9H2,(H,17,18)/t11-,12+,14+/m0/s1. The number of hydrogen-bond acceptors (Lipinski definition) is 4. The van der Waals surface area contributed by atoms with E-state index in [0.29, 0.717) is 24.5 Å². The molecule has 5 heteroatoms. The summed E-state index contributed by atoms with van der Waals surface area (Å²) in [7, 11) is 0. The first-order chi connectivity index (χ1) is 10.3. The van der Waals surface area contributed by atoms with Gasteiger partial charge in [-0.1, -0.05) is 6.07 Å². The molecule has 3 aliphatic rings. The summed E-state index contributed by atoms with van der Waals surface area (Å²) in [4.78, 5) is 12.0. The molecule has 2 heterocycles. The molecule has 1 aromatic carbocycles. The third-order valence-corrected chi connectivity index (χ3v) is 4.69. The highest BCUT2D eigenvalue weighted by Crippen LogP contribution is 2.38. The van der Waals surface area contributed by atoms with Gasteiger partial charge < -0.3 is 19.5 Å². The number of benzene rings is 1. The van der Waals surface area contributed by atoms with Crippen molar-refractivity contribution in [3.63, 3.8) is 0 Å². The van der Waals surface area contributed by atoms with Gasteiger partial charge in [0, 0.05) is 25.0 Å². The van der Waals surface area contributed by atoms with E-state index in [1.807, 2.05) is 18.2 Å². The second-order valence-corrected chi connectivity index (χ2v) is 5.96. The maximum Gasteiger partial charge on any atom is 0.231 e. The third-order valence-electron chi connectivity index (χ3n) is 4.69. The first-order valence-corrected chi connectivity index (χ1v) is 7.59. The summed E-state index contributed by atoms with van der Waals surface area (Å²) in [5, 5.41) is 3.14. The number of carbonyl (C=O) groups is 1. The van der Waals surface area contributed by atoms with E-state index in [1.165, 1.54) is 0 Å². The van der Waals surface area contributed by atoms with Gasteiger partial charge in [-0.25, -0.2) is 0 Å². The molecule has 1 N–H and O–H groups in total. The molecule has 0 unspecified atom stereocenters. The Morgan fingerprint density at radius 2 is 2.19 bits per heavy atom. The van der Waals surface area contributed by atoms with Crippen LogP contribution < -0.4 is 14.8 Å². The van der Waals surface area contributed by atoms with Crippen LogP contribution in [0.3, 0.4) is 0 Å². The smallest absolute Gasteiger partial charge is 0.231 e. The number of ether oxygens (including phenoxy) is 3. The molecular formula is C16H19NO4. The van der Waals surface area contributed by atoms with Crippen molar-refractivity contribution < 1.29 is 19.0 Å². The van der Waals surface area contributed by atoms with E-state index in [9.17, 15) is 4.79 Å². The Morgan fingerprint density at radius 3 is 3.10 bits per heavy atom. The van der Waals surface area contributed by atoms with Crippen LogP contribution in [0.5, 0.6) is 11.5 Å². The Bertz CT molecular complexity index is 559. The third kappa shape index (κ3) is 2.46. The molecule has 0 radical (unpaired) electrons. The quantitative estimate of drug-likeness (QED) is 0.915. The molecule has 2 aliphatic heterocycles. The fourth-order valence-electron chi connectivity index (χ4n) is 3.40. The Kier molecular flexibility index (Phi) is 3.22. The molecule has 112 valence electrons. The molecule has 1 amide bonds. The zero-order valence-electron chi connectivity index (χ0n) is 11.8. The number of nitrogens with one attached hydrogen (secondary N) is 1. The molecule has 5 nitrogen and oxygen atoms in total. The van der Waals surface area contributed by atoms with E-state index in [2.05, 4.69) is 5.32 Å². The molecular weight excluding hydrogens is 270 g/mol. The number of hydrogen-bond donors (Lipinski definition) is 1. The molecule has 3 atom stereocenters. The Morgan fingerprint density at radius 1 is 1.29 bits per heavy atom. The lowest BCUT2D eigenvalue weighted by Crippen LogP contribution is -2.53. The van der Waals surface area contributed by atoms with Crippen molar-refractivity contribution in [3.8, 4) is 11.5 Å². The summed E-state index contributed by atoms with van der Waals surface area (Å²) in [5.41, 5.74) is 1.10. The summed E-state index contributed by atoms with van der Waals surface area (Å²) in [6, 6.07) is 6.17. The van der Waals surface area contributed by atoms with Crippen molar-refractivity contribution in [2.75, 3.05) is 13.4 Å². The van der Waals surface area contributed by atoms with Gasteiger partial charge in [0.15, 0.2) is 11.5 Å². The van der Waals surface area contributed by atoms with Crippen molar-refractivity contribution in [3.05, 3.63) is 23.8 Å². The molecule has 4 rings (SSSR count). The molecule has 0 aromatic heterocycles. The summed E-state index contributed by atoms with van der Waals surface area (Å²) in [6.45, 7) is 1.13. The molecule has 21 heavy (non-hydrogen) atoms. The fraction of sp³-hybridized carbons (Fsp3) is 0.562. The zero-order chi connectivity index (χ0) is 14.2. The summed E-state index contributed by atoms with van der Waals surface area (Å²) in [5.74, 6) is 2.23. The van der Waals surface area contributed by atoms with E-state index >= 15 is 0 Å². The van der Waals surface area contributed by atoms with Crippen molar-refractivity contribution in [2.45, 2.75) is 37.8 Å². The largest absolute Gasteiger partial charge is 0.454 e. The predicted molar refractivity (Wildman–Crippen MR) is 75.3 cm³/mol. The molecule has 1 saturated carbocycles. The first-order valence-electron chi connectivity index (χ1n) is 7.59. The minimum atomic E-state index is 0.128. The van der Waals surface area contributed by atoms with Crippen LogP contribution in [0, 0.1) is 5.92 Å². The monoisotopic (exact) mass is 289 g/mol. The van der Waals surface area contributed by atoms with E-state index < -0.39 is 0 Å². The highest BCUT2D eigenvalue weighted by Gasteiger charge is 2.45. The Hall–Kier alpha value is -1.75. The topological polar surface area (TPSA) is 56.8 Å². The van der Waals surface area contributed by atoms with Crippen molar-refractivity contribution in [1.29, 1.82) is 0 Å². The van der Waals surface area contributed by atoms with E-state index in [4.69, 9.17) is 14.2 Å². The lowest BCUT2D eigenvalue weighted by Gasteiger charge is -2.39. The number of rotatable bonds is 4. The lowest BCUT2D eigenvalue weighted by molar-refractivity contribution is -0.124. The molecule has 0 bridgehead atoms. The zero-order valence-corrected chi connectivity index (χ0v) is 11.8. The molecule has 2 fully saturated rings.